The molecular weight excluding hydrogens is 555 g/mol. The third-order valence-corrected chi connectivity index (χ3v) is 10.3. The molecular formula is C18H17N7O5S5. The van der Waals surface area contributed by atoms with E-state index < -0.39 is 29.2 Å². The molecule has 0 radical (unpaired) electrons. The average Bonchev–Trinajstić information content (AvgIpc) is 3.48. The summed E-state index contributed by atoms with van der Waals surface area (Å²) in [4.78, 5) is 48.9. The van der Waals surface area contributed by atoms with Crippen molar-refractivity contribution in [3.63, 3.8) is 0 Å². The maximum absolute atomic E-state index is 13.1. The van der Waals surface area contributed by atoms with Crippen molar-refractivity contribution in [3.8, 4) is 0 Å². The number of carbonyl (C=O) groups excluding carboxylic acids is 2. The number of carboxylic acid groups (broad SMARTS) is 1. The zero-order valence-electron chi connectivity index (χ0n) is 17.7. The standard InChI is InChI=1S/C18H17N7O5S5/c19-17-21-9(5-33-17)10(24-30-8-3-31-4-8)13(26)22-11-14(27)25-12(16(28)29)7(1-32-15(11)25)2-34-18-23-20-6-35-18/h5-6,8,11,15H,1-4H2,(H2,19,21)(H,22,26)(H,28,29)/b24-10-/t11?,15-/m1/s1. The Hall–Kier alpha value is -2.34. The molecule has 1 unspecified atom stereocenters. The van der Waals surface area contributed by atoms with Crippen LogP contribution in [0.15, 0.2) is 31.7 Å². The molecule has 0 bridgehead atoms. The summed E-state index contributed by atoms with van der Waals surface area (Å²) in [5.74, 6) is -0.00383. The first-order chi connectivity index (χ1) is 16.9. The van der Waals surface area contributed by atoms with Crippen LogP contribution in [-0.4, -0.2) is 89.2 Å². The number of carbonyl (C=O) groups is 3. The highest BCUT2D eigenvalue weighted by Gasteiger charge is 2.54. The van der Waals surface area contributed by atoms with Crippen LogP contribution in [0.2, 0.25) is 0 Å². The summed E-state index contributed by atoms with van der Waals surface area (Å²) in [7, 11) is 0. The maximum Gasteiger partial charge on any atom is 0.352 e. The second-order valence-corrected chi connectivity index (χ2v) is 12.5. The number of nitrogen functional groups attached to an aromatic ring is 1. The van der Waals surface area contributed by atoms with Gasteiger partial charge in [0, 0.05) is 28.4 Å². The molecule has 2 fully saturated rings. The number of nitrogens with one attached hydrogen (secondary N) is 1. The zero-order chi connectivity index (χ0) is 24.5. The number of rotatable bonds is 9. The number of thioether (sulfide) groups is 3. The molecule has 35 heavy (non-hydrogen) atoms. The first-order valence-corrected chi connectivity index (χ1v) is 15.0. The van der Waals surface area contributed by atoms with E-state index in [2.05, 4.69) is 25.7 Å². The second kappa shape index (κ2) is 10.3. The van der Waals surface area contributed by atoms with Crippen molar-refractivity contribution in [3.05, 3.63) is 27.9 Å². The normalized spacial score (nSPS) is 22.3. The molecule has 0 aliphatic carbocycles. The molecule has 2 aromatic rings. The van der Waals surface area contributed by atoms with Gasteiger partial charge in [0.05, 0.1) is 0 Å². The van der Waals surface area contributed by atoms with Crippen LogP contribution in [-0.2, 0) is 19.2 Å². The summed E-state index contributed by atoms with van der Waals surface area (Å²) in [6.07, 6.45) is -0.0896. The van der Waals surface area contributed by atoms with Crippen molar-refractivity contribution in [2.45, 2.75) is 21.9 Å². The van der Waals surface area contributed by atoms with Crippen molar-refractivity contribution in [1.29, 1.82) is 0 Å². The Balaban J connectivity index is 1.30. The van der Waals surface area contributed by atoms with Crippen molar-refractivity contribution in [2.75, 3.05) is 28.7 Å². The fourth-order valence-corrected chi connectivity index (χ4v) is 7.45. The number of hydrogen-bond acceptors (Lipinski definition) is 14. The van der Waals surface area contributed by atoms with Gasteiger partial charge in [-0.15, -0.1) is 33.3 Å². The fraction of sp³-hybridized carbons (Fsp3) is 0.389. The number of thiazole rings is 1. The third kappa shape index (κ3) is 5.00. The van der Waals surface area contributed by atoms with E-state index in [1.807, 2.05) is 0 Å². The SMILES string of the molecule is Nc1nc(/C(=N/OC2CSC2)C(=O)NC2C(=O)N3C(C(=O)O)=C(CSc4nncs4)CS[C@H]23)cs1. The first-order valence-electron chi connectivity index (χ1n) is 10.0. The van der Waals surface area contributed by atoms with E-state index in [1.165, 1.54) is 39.8 Å². The van der Waals surface area contributed by atoms with Crippen molar-refractivity contribution < 1.29 is 24.3 Å². The van der Waals surface area contributed by atoms with Crippen molar-refractivity contribution in [2.24, 2.45) is 5.16 Å². The number of β-lactam (4-membered cyclic amide) rings is 1. The van der Waals surface area contributed by atoms with E-state index in [0.717, 1.165) is 22.8 Å². The molecule has 0 spiro atoms. The molecule has 0 saturated carbocycles. The van der Waals surface area contributed by atoms with E-state index in [-0.39, 0.29) is 28.3 Å². The van der Waals surface area contributed by atoms with Gasteiger partial charge in [0.1, 0.15) is 34.4 Å². The van der Waals surface area contributed by atoms with Gasteiger partial charge in [-0.05, 0) is 5.57 Å². The number of nitrogens with two attached hydrogens (primary N) is 1. The lowest BCUT2D eigenvalue weighted by atomic mass is 10.0. The van der Waals surface area contributed by atoms with E-state index in [9.17, 15) is 19.5 Å². The van der Waals surface area contributed by atoms with Crippen LogP contribution in [0, 0.1) is 0 Å². The quantitative estimate of drug-likeness (QED) is 0.169. The Morgan fingerprint density at radius 2 is 2.20 bits per heavy atom. The summed E-state index contributed by atoms with van der Waals surface area (Å²) in [6, 6.07) is -0.903. The van der Waals surface area contributed by atoms with Crippen LogP contribution in [0.25, 0.3) is 0 Å². The minimum absolute atomic E-state index is 0.0479. The third-order valence-electron chi connectivity index (χ3n) is 5.13. The van der Waals surface area contributed by atoms with E-state index >= 15 is 0 Å². The van der Waals surface area contributed by atoms with Gasteiger partial charge in [-0.1, -0.05) is 28.3 Å². The largest absolute Gasteiger partial charge is 0.477 e. The number of amides is 2. The Morgan fingerprint density at radius 3 is 2.83 bits per heavy atom. The predicted molar refractivity (Wildman–Crippen MR) is 136 cm³/mol. The van der Waals surface area contributed by atoms with E-state index in [1.54, 1.807) is 22.7 Å². The molecule has 184 valence electrons. The van der Waals surface area contributed by atoms with Gasteiger partial charge >= 0.3 is 5.97 Å². The van der Waals surface area contributed by atoms with Crippen LogP contribution in [0.1, 0.15) is 5.69 Å². The van der Waals surface area contributed by atoms with Crippen LogP contribution in [0.3, 0.4) is 0 Å². The lowest BCUT2D eigenvalue weighted by molar-refractivity contribution is -0.150. The number of hydrogen-bond donors (Lipinski definition) is 3. The molecule has 3 aliphatic heterocycles. The molecule has 3 aliphatic rings. The highest BCUT2D eigenvalue weighted by atomic mass is 32.2. The molecule has 5 heterocycles. The molecule has 4 N–H and O–H groups in total. The summed E-state index contributed by atoms with van der Waals surface area (Å²) in [5, 5.41) is 25.5. The van der Waals surface area contributed by atoms with E-state index in [4.69, 9.17) is 10.6 Å². The number of fused-ring (bicyclic) bond motifs is 1. The van der Waals surface area contributed by atoms with Gasteiger partial charge < -0.3 is 21.0 Å². The maximum atomic E-state index is 13.1. The zero-order valence-corrected chi connectivity index (χ0v) is 21.7. The number of anilines is 1. The first kappa shape index (κ1) is 24.4. The average molecular weight is 572 g/mol. The lowest BCUT2D eigenvalue weighted by Gasteiger charge is -2.49. The molecule has 5 rings (SSSR count). The van der Waals surface area contributed by atoms with E-state index in [0.29, 0.717) is 21.4 Å². The monoisotopic (exact) mass is 571 g/mol. The van der Waals surface area contributed by atoms with Gasteiger partial charge in [0.25, 0.3) is 11.8 Å². The van der Waals surface area contributed by atoms with Gasteiger partial charge in [-0.25, -0.2) is 9.78 Å². The van der Waals surface area contributed by atoms with Crippen LogP contribution >= 0.6 is 58.0 Å². The number of oxime groups is 1. The number of nitrogens with zero attached hydrogens (tertiary/aromatic N) is 5. The molecule has 2 atom stereocenters. The predicted octanol–water partition coefficient (Wildman–Crippen LogP) is 0.944. The Kier molecular flexibility index (Phi) is 7.19. The Morgan fingerprint density at radius 1 is 1.37 bits per heavy atom. The van der Waals surface area contributed by atoms with Gasteiger partial charge in [-0.3, -0.25) is 14.5 Å². The lowest BCUT2D eigenvalue weighted by Crippen LogP contribution is -2.71. The molecule has 12 nitrogen and oxygen atoms in total. The van der Waals surface area contributed by atoms with Crippen LogP contribution in [0.4, 0.5) is 5.13 Å². The van der Waals surface area contributed by atoms with Gasteiger partial charge in [-0.2, -0.15) is 11.8 Å². The van der Waals surface area contributed by atoms with Crippen molar-refractivity contribution >= 4 is 86.6 Å². The summed E-state index contributed by atoms with van der Waals surface area (Å²) >= 11 is 6.98. The van der Waals surface area contributed by atoms with Crippen molar-refractivity contribution in [1.82, 2.24) is 25.4 Å². The second-order valence-electron chi connectivity index (χ2n) is 7.39. The topological polar surface area (TPSA) is 173 Å². The fourth-order valence-electron chi connectivity index (χ4n) is 3.38. The smallest absolute Gasteiger partial charge is 0.352 e. The molecule has 17 heteroatoms. The van der Waals surface area contributed by atoms with Crippen LogP contribution < -0.4 is 11.1 Å². The number of aromatic nitrogens is 3. The highest BCUT2D eigenvalue weighted by Crippen LogP contribution is 2.41. The Labute approximate surface area is 219 Å². The number of aliphatic carboxylic acids is 1. The van der Waals surface area contributed by atoms with Gasteiger partial charge in [0.15, 0.2) is 15.2 Å². The summed E-state index contributed by atoms with van der Waals surface area (Å²) in [5.41, 5.74) is 8.05. The Bertz CT molecular complexity index is 1210. The van der Waals surface area contributed by atoms with Gasteiger partial charge in [0.2, 0.25) is 0 Å². The summed E-state index contributed by atoms with van der Waals surface area (Å²) < 4.78 is 0.714. The molecule has 2 amide bonds. The number of carboxylic acids is 1. The summed E-state index contributed by atoms with van der Waals surface area (Å²) in [6.45, 7) is 0. The molecule has 0 aromatic carbocycles. The molecule has 2 saturated heterocycles. The molecule has 2 aromatic heterocycles. The minimum atomic E-state index is -1.19. The highest BCUT2D eigenvalue weighted by molar-refractivity contribution is 8.02. The van der Waals surface area contributed by atoms with Crippen LogP contribution in [0.5, 0.6) is 0 Å². The minimum Gasteiger partial charge on any atom is -0.477 e.